The second-order valence-electron chi connectivity index (χ2n) is 12.2. The molecule has 0 aliphatic heterocycles. The van der Waals surface area contributed by atoms with E-state index in [4.69, 9.17) is 0 Å². The van der Waals surface area contributed by atoms with Gasteiger partial charge in [0.1, 0.15) is 0 Å². The maximum absolute atomic E-state index is 3.55. The van der Waals surface area contributed by atoms with Gasteiger partial charge in [-0.15, -0.1) is 0 Å². The van der Waals surface area contributed by atoms with Gasteiger partial charge in [-0.05, 0) is 70.3 Å². The number of aromatic nitrogens is 2. The highest BCUT2D eigenvalue weighted by molar-refractivity contribution is 5.79. The Morgan fingerprint density at radius 2 is 1.32 bits per heavy atom. The highest BCUT2D eigenvalue weighted by atomic mass is 15.0. The third kappa shape index (κ3) is 4.93. The first-order chi connectivity index (χ1) is 17.5. The van der Waals surface area contributed by atoms with Crippen molar-refractivity contribution in [1.82, 2.24) is 9.55 Å². The first-order valence-corrected chi connectivity index (χ1v) is 13.2. The first kappa shape index (κ1) is 24.9. The molecule has 0 spiro atoms. The summed E-state index contributed by atoms with van der Waals surface area (Å²) in [6.45, 7) is 15.9. The van der Waals surface area contributed by atoms with Gasteiger partial charge >= 0.3 is 0 Å². The van der Waals surface area contributed by atoms with Crippen LogP contribution in [0.2, 0.25) is 0 Å². The molecule has 5 rings (SSSR count). The fourth-order valence-corrected chi connectivity index (χ4v) is 5.07. The second kappa shape index (κ2) is 9.27. The van der Waals surface area contributed by atoms with Crippen LogP contribution in [-0.2, 0) is 10.8 Å². The van der Waals surface area contributed by atoms with Crippen LogP contribution in [0.15, 0.2) is 97.2 Å². The van der Waals surface area contributed by atoms with Crippen LogP contribution in [0.5, 0.6) is 0 Å². The number of hydrogen-bond donors (Lipinski definition) is 1. The molecule has 0 bridgehead atoms. The molecule has 0 atom stereocenters. The average Bonchev–Trinajstić information content (AvgIpc) is 3.50. The van der Waals surface area contributed by atoms with Crippen LogP contribution in [-0.4, -0.2) is 9.55 Å². The fourth-order valence-electron chi connectivity index (χ4n) is 5.07. The van der Waals surface area contributed by atoms with E-state index < -0.39 is 0 Å². The summed E-state index contributed by atoms with van der Waals surface area (Å²) in [6.07, 6.45) is 2.34. The van der Waals surface area contributed by atoms with Crippen LogP contribution in [0.25, 0.3) is 39.3 Å². The van der Waals surface area contributed by atoms with Gasteiger partial charge in [-0.25, -0.2) is 0 Å². The molecular formula is C35H38N2. The molecule has 0 amide bonds. The van der Waals surface area contributed by atoms with Crippen LogP contribution < -0.4 is 0 Å². The number of H-pyrrole nitrogens is 1. The van der Waals surface area contributed by atoms with Crippen LogP contribution in [0.3, 0.4) is 0 Å². The lowest BCUT2D eigenvalue weighted by molar-refractivity contribution is 0.590. The number of benzene rings is 3. The molecule has 0 saturated heterocycles. The van der Waals surface area contributed by atoms with Crippen molar-refractivity contribution in [2.45, 2.75) is 59.3 Å². The van der Waals surface area contributed by atoms with E-state index in [0.29, 0.717) is 0 Å². The van der Waals surface area contributed by atoms with E-state index in [0.717, 1.165) is 5.69 Å². The molecule has 0 radical (unpaired) electrons. The number of rotatable bonds is 4. The molecule has 0 aliphatic carbocycles. The molecule has 0 unspecified atom stereocenters. The molecule has 3 aromatic carbocycles. The lowest BCUT2D eigenvalue weighted by Gasteiger charge is -2.25. The second-order valence-corrected chi connectivity index (χ2v) is 12.2. The van der Waals surface area contributed by atoms with Crippen LogP contribution in [0.4, 0.5) is 0 Å². The topological polar surface area (TPSA) is 20.7 Å². The number of aromatic amines is 1. The molecule has 0 fully saturated rings. The lowest BCUT2D eigenvalue weighted by Crippen LogP contribution is -2.13. The molecule has 5 aromatic rings. The molecule has 2 nitrogen and oxygen atoms in total. The van der Waals surface area contributed by atoms with E-state index >= 15 is 0 Å². The van der Waals surface area contributed by atoms with Gasteiger partial charge in [-0.2, -0.15) is 0 Å². The van der Waals surface area contributed by atoms with E-state index in [1.807, 2.05) is 0 Å². The largest absolute Gasteiger partial charge is 0.359 e. The molecule has 188 valence electrons. The molecule has 37 heavy (non-hydrogen) atoms. The minimum absolute atomic E-state index is 0.00235. The maximum Gasteiger partial charge on any atom is 0.0549 e. The van der Waals surface area contributed by atoms with Gasteiger partial charge in [0.2, 0.25) is 0 Å². The number of nitrogens with one attached hydrogen (secondary N) is 1. The SMILES string of the molecule is Cc1ccc(-c2ccccc2-n2cc(C(C)(C)C)cc2-c2cc(-c3ccccc3)ccc2C(C)(C)C)[nH]1. The van der Waals surface area contributed by atoms with Gasteiger partial charge in [0.25, 0.3) is 0 Å². The monoisotopic (exact) mass is 486 g/mol. The van der Waals surface area contributed by atoms with Crippen molar-refractivity contribution in [1.29, 1.82) is 0 Å². The summed E-state index contributed by atoms with van der Waals surface area (Å²) in [5.41, 5.74) is 12.4. The molecule has 0 saturated carbocycles. The zero-order chi connectivity index (χ0) is 26.4. The molecule has 1 N–H and O–H groups in total. The molecule has 2 aromatic heterocycles. The minimum atomic E-state index is -0.00235. The van der Waals surface area contributed by atoms with E-state index in [9.17, 15) is 0 Å². The van der Waals surface area contributed by atoms with Crippen molar-refractivity contribution in [3.63, 3.8) is 0 Å². The number of hydrogen-bond acceptors (Lipinski definition) is 0. The zero-order valence-corrected chi connectivity index (χ0v) is 23.2. The first-order valence-electron chi connectivity index (χ1n) is 13.2. The summed E-state index contributed by atoms with van der Waals surface area (Å²) in [5.74, 6) is 0. The predicted octanol–water partition coefficient (Wildman–Crippen LogP) is 9.71. The standard InChI is InChI=1S/C35H38N2/c1-24-17-20-31(36-24)28-15-11-12-16-32(28)37-23-27(34(2,3)4)22-33(37)29-21-26(25-13-9-8-10-14-25)18-19-30(29)35(5,6)7/h8-23,36H,1-7H3. The van der Waals surface area contributed by atoms with Gasteiger partial charge in [0, 0.05) is 28.7 Å². The highest BCUT2D eigenvalue weighted by Crippen LogP contribution is 2.41. The van der Waals surface area contributed by atoms with Gasteiger partial charge < -0.3 is 9.55 Å². The van der Waals surface area contributed by atoms with Crippen LogP contribution in [0, 0.1) is 6.92 Å². The van der Waals surface area contributed by atoms with E-state index in [1.54, 1.807) is 0 Å². The van der Waals surface area contributed by atoms with Gasteiger partial charge in [-0.3, -0.25) is 0 Å². The highest BCUT2D eigenvalue weighted by Gasteiger charge is 2.25. The van der Waals surface area contributed by atoms with Crippen LogP contribution >= 0.6 is 0 Å². The van der Waals surface area contributed by atoms with Crippen LogP contribution in [0.1, 0.15) is 58.4 Å². The Morgan fingerprint density at radius 3 is 1.97 bits per heavy atom. The number of aryl methyl sites for hydroxylation is 1. The molecular weight excluding hydrogens is 448 g/mol. The molecule has 0 aliphatic rings. The normalized spacial score (nSPS) is 12.2. The average molecular weight is 487 g/mol. The Balaban J connectivity index is 1.81. The van der Waals surface area contributed by atoms with Crippen molar-refractivity contribution in [3.8, 4) is 39.3 Å². The number of nitrogens with zero attached hydrogens (tertiary/aromatic N) is 1. The van der Waals surface area contributed by atoms with Crippen molar-refractivity contribution in [3.05, 3.63) is 114 Å². The van der Waals surface area contributed by atoms with E-state index in [-0.39, 0.29) is 10.8 Å². The fraction of sp³-hybridized carbons (Fsp3) is 0.257. The quantitative estimate of drug-likeness (QED) is 0.261. The summed E-state index contributed by atoms with van der Waals surface area (Å²) >= 11 is 0. The molecule has 2 heteroatoms. The van der Waals surface area contributed by atoms with Gasteiger partial charge in [-0.1, -0.05) is 102 Å². The van der Waals surface area contributed by atoms with E-state index in [1.165, 1.54) is 50.5 Å². The third-order valence-electron chi connectivity index (χ3n) is 7.18. The Bertz CT molecular complexity index is 1530. The van der Waals surface area contributed by atoms with E-state index in [2.05, 4.69) is 155 Å². The maximum atomic E-state index is 3.55. The Kier molecular flexibility index (Phi) is 6.23. The summed E-state index contributed by atoms with van der Waals surface area (Å²) in [7, 11) is 0. The Labute approximate surface area is 222 Å². The lowest BCUT2D eigenvalue weighted by atomic mass is 9.81. The van der Waals surface area contributed by atoms with Gasteiger partial charge in [0.05, 0.1) is 11.4 Å². The van der Waals surface area contributed by atoms with Crippen molar-refractivity contribution >= 4 is 0 Å². The van der Waals surface area contributed by atoms with Crippen molar-refractivity contribution in [2.24, 2.45) is 0 Å². The summed E-state index contributed by atoms with van der Waals surface area (Å²) in [4.78, 5) is 3.55. The predicted molar refractivity (Wildman–Crippen MR) is 159 cm³/mol. The zero-order valence-electron chi connectivity index (χ0n) is 23.2. The number of para-hydroxylation sites is 1. The third-order valence-corrected chi connectivity index (χ3v) is 7.18. The van der Waals surface area contributed by atoms with Crippen molar-refractivity contribution < 1.29 is 0 Å². The Hall–Kier alpha value is -3.78. The summed E-state index contributed by atoms with van der Waals surface area (Å²) in [6, 6.07) is 33.1. The summed E-state index contributed by atoms with van der Waals surface area (Å²) < 4.78 is 2.41. The molecule has 2 heterocycles. The summed E-state index contributed by atoms with van der Waals surface area (Å²) in [5, 5.41) is 0. The Morgan fingerprint density at radius 1 is 0.622 bits per heavy atom. The smallest absolute Gasteiger partial charge is 0.0549 e. The van der Waals surface area contributed by atoms with Crippen molar-refractivity contribution in [2.75, 3.05) is 0 Å². The minimum Gasteiger partial charge on any atom is -0.359 e. The van der Waals surface area contributed by atoms with Gasteiger partial charge in [0.15, 0.2) is 0 Å².